The Morgan fingerprint density at radius 2 is 0.841 bits per heavy atom. The van der Waals surface area contributed by atoms with Gasteiger partial charge in [0.2, 0.25) is 0 Å². The van der Waals surface area contributed by atoms with Gasteiger partial charge in [-0.05, 0) is 76.7 Å². The van der Waals surface area contributed by atoms with Gasteiger partial charge in [0.15, 0.2) is 0 Å². The molecule has 2 heterocycles. The molecule has 2 nitrogen and oxygen atoms in total. The largest absolute Gasteiger partial charge is 0.309 e. The number of benzene rings is 7. The molecular formula is C42H28N2. The average molecular weight is 581 g/mol. The molecule has 0 N–H and O–H groups in total. The van der Waals surface area contributed by atoms with Gasteiger partial charge in [-0.15, -0.1) is 0 Å². The molecule has 0 radical (unpaired) electrons. The van der Waals surface area contributed by atoms with Crippen LogP contribution in [0.1, 0.15) is 27.4 Å². The van der Waals surface area contributed by atoms with E-state index in [-0.39, 0.29) is 43.8 Å². The Balaban J connectivity index is 1.40. The van der Waals surface area contributed by atoms with Crippen LogP contribution in [0.15, 0.2) is 169 Å². The number of nitrogens with zero attached hydrogens (tertiary/aromatic N) is 2. The van der Waals surface area contributed by atoms with Gasteiger partial charge in [0.1, 0.15) is 0 Å². The highest BCUT2D eigenvalue weighted by Crippen LogP contribution is 2.37. The lowest BCUT2D eigenvalue weighted by Gasteiger charge is -2.12. The summed E-state index contributed by atoms with van der Waals surface area (Å²) in [6.07, 6.45) is 0. The lowest BCUT2D eigenvalue weighted by Crippen LogP contribution is -1.96. The molecule has 9 aromatic rings. The third-order valence-electron chi connectivity index (χ3n) is 7.49. The van der Waals surface area contributed by atoms with Crippen LogP contribution in [0.2, 0.25) is 0 Å². The lowest BCUT2D eigenvalue weighted by molar-refractivity contribution is 1.17. The summed E-state index contributed by atoms with van der Waals surface area (Å²) < 4.78 is 178. The van der Waals surface area contributed by atoms with E-state index in [1.54, 1.807) is 48.5 Å². The maximum absolute atomic E-state index is 9.81. The van der Waals surface area contributed by atoms with Gasteiger partial charge in [-0.1, -0.05) is 115 Å². The summed E-state index contributed by atoms with van der Waals surface area (Å²) in [6.45, 7) is 0. The molecule has 2 heteroatoms. The van der Waals surface area contributed by atoms with Crippen LogP contribution < -0.4 is 0 Å². The quantitative estimate of drug-likeness (QED) is 0.196. The number of hydrogen-bond donors (Lipinski definition) is 0. The highest BCUT2D eigenvalue weighted by molar-refractivity contribution is 6.12. The second kappa shape index (κ2) is 9.86. The summed E-state index contributed by atoms with van der Waals surface area (Å²) in [5.74, 6) is 0. The molecule has 9 rings (SSSR count). The highest BCUT2D eigenvalue weighted by Gasteiger charge is 2.16. The molecule has 7 aromatic carbocycles. The molecule has 0 aliphatic carbocycles. The van der Waals surface area contributed by atoms with Crippen LogP contribution in [0.5, 0.6) is 0 Å². The van der Waals surface area contributed by atoms with E-state index in [4.69, 9.17) is 23.3 Å². The molecule has 0 aliphatic rings. The van der Waals surface area contributed by atoms with Crippen molar-refractivity contribution in [2.24, 2.45) is 0 Å². The van der Waals surface area contributed by atoms with Crippen molar-refractivity contribution in [1.29, 1.82) is 0 Å². The summed E-state index contributed by atoms with van der Waals surface area (Å²) in [5, 5.41) is -1.15. The van der Waals surface area contributed by atoms with E-state index in [1.165, 1.54) is 4.57 Å². The molecule has 0 unspecified atom stereocenters. The Morgan fingerprint density at radius 3 is 1.50 bits per heavy atom. The summed E-state index contributed by atoms with van der Waals surface area (Å²) in [4.78, 5) is 0. The summed E-state index contributed by atoms with van der Waals surface area (Å²) in [6, 6.07) is 0.525. The first kappa shape index (κ1) is 12.0. The Kier molecular flexibility index (Phi) is 2.70. The van der Waals surface area contributed by atoms with E-state index in [0.717, 1.165) is 4.57 Å². The highest BCUT2D eigenvalue weighted by atomic mass is 15.0. The molecule has 0 saturated carbocycles. The third kappa shape index (κ3) is 3.82. The summed E-state index contributed by atoms with van der Waals surface area (Å²) >= 11 is 0. The van der Waals surface area contributed by atoms with E-state index < -0.39 is 138 Å². The number of fused-ring (bicyclic) bond motifs is 6. The van der Waals surface area contributed by atoms with E-state index in [9.17, 15) is 4.11 Å². The maximum Gasteiger partial charge on any atom is 0.0652 e. The summed E-state index contributed by atoms with van der Waals surface area (Å²) in [5.41, 5.74) is -0.279. The first-order valence-corrected chi connectivity index (χ1v) is 13.5. The molecule has 0 aliphatic heterocycles. The lowest BCUT2D eigenvalue weighted by atomic mass is 9.99. The fourth-order valence-electron chi connectivity index (χ4n) is 5.59. The monoisotopic (exact) mass is 580 g/mol. The minimum absolute atomic E-state index is 0.0302. The molecular weight excluding hydrogens is 532 g/mol. The van der Waals surface area contributed by atoms with E-state index >= 15 is 0 Å². The predicted octanol–water partition coefficient (Wildman–Crippen LogP) is 11.2. The number of para-hydroxylation sites is 3. The molecule has 44 heavy (non-hydrogen) atoms. The van der Waals surface area contributed by atoms with Crippen LogP contribution in [-0.4, -0.2) is 9.13 Å². The Hall–Kier alpha value is -5.86. The topological polar surface area (TPSA) is 9.86 Å². The Bertz CT molecular complexity index is 3520. The van der Waals surface area contributed by atoms with Gasteiger partial charge in [-0.3, -0.25) is 0 Å². The van der Waals surface area contributed by atoms with Gasteiger partial charge in [-0.2, -0.15) is 0 Å². The van der Waals surface area contributed by atoms with Gasteiger partial charge in [-0.25, -0.2) is 0 Å². The minimum atomic E-state index is -0.744. The molecule has 0 spiro atoms. The minimum Gasteiger partial charge on any atom is -0.309 e. The van der Waals surface area contributed by atoms with Crippen LogP contribution in [0.3, 0.4) is 0 Å². The SMILES string of the molecule is [2H]c1c([2H])c([2H])c(-c2cccc(-c3cccc(-n4c5c([2H])c([2H])c([2H])c([2H])c5c5c([2H])c(-n6c7c([2H])c([2H])c([2H])c([2H])c7c7c([2H])c([2H])c([2H])c([2H])c76)c([2H])c([2H])c54)c3)c2)c([2H])c1[2H]. The van der Waals surface area contributed by atoms with Crippen molar-refractivity contribution in [3.8, 4) is 33.6 Å². The number of rotatable bonds is 4. The van der Waals surface area contributed by atoms with Crippen LogP contribution in [-0.2, 0) is 0 Å². The molecule has 0 atom stereocenters. The van der Waals surface area contributed by atoms with Crippen LogP contribution in [0.4, 0.5) is 0 Å². The standard InChI is InChI=1S/C42H28N2/c1-2-12-29(13-3-1)30-14-10-15-31(26-30)32-16-11-17-33(27-32)43-41-23-9-6-20-37(41)38-28-34(24-25-42(38)43)44-39-21-7-4-18-35(39)36-19-5-8-22-40(36)44/h1-28H/i1D,2D,3D,4D,5D,6D,7D,8D,9D,12D,13D,18D,19D,20D,21D,22D,23D,24D,25D,28D. The zero-order valence-corrected chi connectivity index (χ0v) is 22.5. The normalized spacial score (nSPS) is 18.0. The maximum atomic E-state index is 9.81. The zero-order valence-electron chi connectivity index (χ0n) is 42.5. The van der Waals surface area contributed by atoms with E-state index in [0.29, 0.717) is 16.7 Å². The number of aromatic nitrogens is 2. The fraction of sp³-hybridized carbons (Fsp3) is 0. The van der Waals surface area contributed by atoms with Crippen molar-refractivity contribution < 1.29 is 27.4 Å². The Labute approximate surface area is 283 Å². The van der Waals surface area contributed by atoms with Crippen molar-refractivity contribution in [2.75, 3.05) is 0 Å². The van der Waals surface area contributed by atoms with Gasteiger partial charge in [0.25, 0.3) is 0 Å². The van der Waals surface area contributed by atoms with Crippen molar-refractivity contribution in [1.82, 2.24) is 9.13 Å². The van der Waals surface area contributed by atoms with Crippen LogP contribution in [0.25, 0.3) is 77.2 Å². The van der Waals surface area contributed by atoms with E-state index in [2.05, 4.69) is 0 Å². The predicted molar refractivity (Wildman–Crippen MR) is 186 cm³/mol. The molecule has 0 bridgehead atoms. The average Bonchev–Trinajstić information content (AvgIpc) is 3.84. The molecule has 0 fully saturated rings. The van der Waals surface area contributed by atoms with Crippen LogP contribution >= 0.6 is 0 Å². The Morgan fingerprint density at radius 1 is 0.364 bits per heavy atom. The second-order valence-electron chi connectivity index (χ2n) is 9.92. The third-order valence-corrected chi connectivity index (χ3v) is 7.49. The zero-order chi connectivity index (χ0) is 46.4. The second-order valence-corrected chi connectivity index (χ2v) is 9.92. The van der Waals surface area contributed by atoms with Gasteiger partial charge >= 0.3 is 0 Å². The summed E-state index contributed by atoms with van der Waals surface area (Å²) in [7, 11) is 0. The van der Waals surface area contributed by atoms with Gasteiger partial charge in [0.05, 0.1) is 49.5 Å². The van der Waals surface area contributed by atoms with Crippen LogP contribution in [0, 0.1) is 0 Å². The van der Waals surface area contributed by atoms with Crippen molar-refractivity contribution in [3.63, 3.8) is 0 Å². The first-order chi connectivity index (χ1) is 30.1. The van der Waals surface area contributed by atoms with Crippen molar-refractivity contribution in [2.45, 2.75) is 0 Å². The van der Waals surface area contributed by atoms with Gasteiger partial charge in [0, 0.05) is 32.9 Å². The van der Waals surface area contributed by atoms with Crippen molar-refractivity contribution in [3.05, 3.63) is 169 Å². The molecule has 206 valence electrons. The number of hydrogen-bond acceptors (Lipinski definition) is 0. The van der Waals surface area contributed by atoms with Crippen molar-refractivity contribution >= 4 is 43.6 Å². The molecule has 0 saturated heterocycles. The molecule has 0 amide bonds. The first-order valence-electron chi connectivity index (χ1n) is 23.5. The van der Waals surface area contributed by atoms with Gasteiger partial charge < -0.3 is 9.13 Å². The smallest absolute Gasteiger partial charge is 0.0652 e. The van der Waals surface area contributed by atoms with E-state index in [1.807, 2.05) is 0 Å². The fourth-order valence-corrected chi connectivity index (χ4v) is 5.59. The molecule has 2 aromatic heterocycles.